The van der Waals surface area contributed by atoms with Crippen LogP contribution in [0.2, 0.25) is 0 Å². The number of benzene rings is 2. The molecule has 0 radical (unpaired) electrons. The molecule has 0 aromatic heterocycles. The molecule has 2 rings (SSSR count). The van der Waals surface area contributed by atoms with E-state index in [9.17, 15) is 0 Å². The third kappa shape index (κ3) is 4.69. The molecular weight excluding hydrogens is 354 g/mol. The van der Waals surface area contributed by atoms with Crippen LogP contribution in [0, 0.1) is 0 Å². The quantitative estimate of drug-likeness (QED) is 0.361. The van der Waals surface area contributed by atoms with Crippen LogP contribution in [0.15, 0.2) is 48.5 Å². The molecule has 0 unspecified atom stereocenters. The fraction of sp³-hybridized carbons (Fsp3) is 0.391. The Hall–Kier alpha value is -1.32. The molecule has 0 atom stereocenters. The van der Waals surface area contributed by atoms with E-state index in [1.54, 1.807) is 0 Å². The molecule has 0 aliphatic heterocycles. The zero-order valence-electron chi connectivity index (χ0n) is 16.4. The molecule has 0 N–H and O–H groups in total. The predicted octanol–water partition coefficient (Wildman–Crippen LogP) is 7.12. The van der Waals surface area contributed by atoms with Gasteiger partial charge in [0.1, 0.15) is 0 Å². The normalized spacial score (nSPS) is 12.3. The van der Waals surface area contributed by atoms with E-state index in [-0.39, 0.29) is 0 Å². The van der Waals surface area contributed by atoms with E-state index >= 15 is 0 Å². The smallest absolute Gasteiger partial charge is 0.0451 e. The van der Waals surface area contributed by atoms with E-state index in [1.807, 2.05) is 18.2 Å². The monoisotopic (exact) mass is 385 g/mol. The van der Waals surface area contributed by atoms with E-state index in [0.29, 0.717) is 5.92 Å². The summed E-state index contributed by atoms with van der Waals surface area (Å²) in [6.45, 7) is 10.9. The molecule has 1 nitrogen and oxygen atoms in total. The summed E-state index contributed by atoms with van der Waals surface area (Å²) in [5, 5.41) is 0. The second-order valence-electron chi connectivity index (χ2n) is 6.53. The first-order valence-electron chi connectivity index (χ1n) is 9.64. The van der Waals surface area contributed by atoms with Gasteiger partial charge in [-0.3, -0.25) is 0 Å². The van der Waals surface area contributed by atoms with Gasteiger partial charge >= 0.3 is 0 Å². The third-order valence-electron chi connectivity index (χ3n) is 5.11. The van der Waals surface area contributed by atoms with Gasteiger partial charge in [-0.05, 0) is 55.9 Å². The Morgan fingerprint density at radius 2 is 1.46 bits per heavy atom. The molecule has 0 heterocycles. The first-order chi connectivity index (χ1) is 12.6. The number of nitrogens with zero attached hydrogens (tertiary/aromatic N) is 1. The maximum absolute atomic E-state index is 4.92. The first kappa shape index (κ1) is 21.0. The van der Waals surface area contributed by atoms with Gasteiger partial charge in [-0.2, -0.15) is 0 Å². The minimum absolute atomic E-state index is 0.584. The van der Waals surface area contributed by atoms with E-state index in [4.69, 9.17) is 25.3 Å². The highest BCUT2D eigenvalue weighted by Gasteiger charge is 2.16. The number of hydrogen-bond acceptors (Lipinski definition) is 3. The Kier molecular flexibility index (Phi) is 8.17. The lowest BCUT2D eigenvalue weighted by Gasteiger charge is -2.26. The van der Waals surface area contributed by atoms with Crippen LogP contribution < -0.4 is 4.90 Å². The molecule has 2 aromatic rings. The summed E-state index contributed by atoms with van der Waals surface area (Å²) in [6, 6.07) is 17.2. The Morgan fingerprint density at radius 3 is 2.00 bits per heavy atom. The van der Waals surface area contributed by atoms with Crippen molar-refractivity contribution in [1.29, 1.82) is 0 Å². The maximum atomic E-state index is 4.92. The van der Waals surface area contributed by atoms with Crippen LogP contribution in [0.3, 0.4) is 0 Å². The third-order valence-corrected chi connectivity index (χ3v) is 6.23. The SMILES string of the molecule is CCC(CC)c1ccc(N(CC)CC)c(/C(S)=C(/S)c2ccccc2)c1. The molecule has 0 aliphatic carbocycles. The summed E-state index contributed by atoms with van der Waals surface area (Å²) in [6.07, 6.45) is 2.30. The van der Waals surface area contributed by atoms with Gasteiger partial charge in [-0.15, -0.1) is 25.3 Å². The summed E-state index contributed by atoms with van der Waals surface area (Å²) < 4.78 is 0. The van der Waals surface area contributed by atoms with Crippen LogP contribution in [0.5, 0.6) is 0 Å². The van der Waals surface area contributed by atoms with Gasteiger partial charge in [0.2, 0.25) is 0 Å². The second-order valence-corrected chi connectivity index (χ2v) is 7.42. The Labute approximate surface area is 170 Å². The molecule has 0 aliphatic rings. The molecule has 0 amide bonds. The summed E-state index contributed by atoms with van der Waals surface area (Å²) >= 11 is 9.74. The van der Waals surface area contributed by atoms with Crippen LogP contribution in [-0.2, 0) is 0 Å². The number of hydrogen-bond donors (Lipinski definition) is 2. The molecule has 0 fully saturated rings. The van der Waals surface area contributed by atoms with E-state index < -0.39 is 0 Å². The highest BCUT2D eigenvalue weighted by Crippen LogP contribution is 2.39. The van der Waals surface area contributed by atoms with Crippen molar-refractivity contribution in [3.05, 3.63) is 65.2 Å². The first-order valence-corrected chi connectivity index (χ1v) is 10.5. The standard InChI is InChI=1S/C23H31NS2/c1-5-17(6-2)19-14-15-21(24(7-3)8-4)20(16-19)23(26)22(25)18-12-10-9-11-13-18/h9-17,25-26H,5-8H2,1-4H3/b23-22-. The van der Waals surface area contributed by atoms with Crippen LogP contribution >= 0.6 is 25.3 Å². The van der Waals surface area contributed by atoms with Crippen molar-refractivity contribution in [3.63, 3.8) is 0 Å². The number of anilines is 1. The van der Waals surface area contributed by atoms with Crippen LogP contribution in [0.4, 0.5) is 5.69 Å². The lowest BCUT2D eigenvalue weighted by molar-refractivity contribution is 0.641. The molecule has 0 saturated heterocycles. The minimum atomic E-state index is 0.584. The van der Waals surface area contributed by atoms with Gasteiger partial charge in [0, 0.05) is 34.2 Å². The van der Waals surface area contributed by atoms with E-state index in [0.717, 1.165) is 41.3 Å². The van der Waals surface area contributed by atoms with Crippen LogP contribution in [0.1, 0.15) is 63.1 Å². The van der Waals surface area contributed by atoms with Crippen molar-refractivity contribution in [2.75, 3.05) is 18.0 Å². The van der Waals surface area contributed by atoms with Crippen LogP contribution in [0.25, 0.3) is 9.81 Å². The highest BCUT2D eigenvalue weighted by molar-refractivity contribution is 7.96. The predicted molar refractivity (Wildman–Crippen MR) is 125 cm³/mol. The van der Waals surface area contributed by atoms with Crippen molar-refractivity contribution >= 4 is 40.8 Å². The van der Waals surface area contributed by atoms with Crippen LogP contribution in [-0.4, -0.2) is 13.1 Å². The molecular formula is C23H31NS2. The summed E-state index contributed by atoms with van der Waals surface area (Å²) in [7, 11) is 0. The highest BCUT2D eigenvalue weighted by atomic mass is 32.1. The molecule has 26 heavy (non-hydrogen) atoms. The molecule has 0 saturated carbocycles. The van der Waals surface area contributed by atoms with Gasteiger partial charge in [0.05, 0.1) is 0 Å². The number of rotatable bonds is 8. The minimum Gasteiger partial charge on any atom is -0.372 e. The largest absolute Gasteiger partial charge is 0.372 e. The van der Waals surface area contributed by atoms with Crippen molar-refractivity contribution in [2.45, 2.75) is 46.5 Å². The zero-order chi connectivity index (χ0) is 19.1. The maximum Gasteiger partial charge on any atom is 0.0451 e. The molecule has 0 spiro atoms. The lowest BCUT2D eigenvalue weighted by Crippen LogP contribution is -2.23. The van der Waals surface area contributed by atoms with Crippen molar-refractivity contribution < 1.29 is 0 Å². The Balaban J connectivity index is 2.63. The van der Waals surface area contributed by atoms with Gasteiger partial charge in [0.15, 0.2) is 0 Å². The van der Waals surface area contributed by atoms with Crippen molar-refractivity contribution in [2.24, 2.45) is 0 Å². The van der Waals surface area contributed by atoms with Gasteiger partial charge in [-0.1, -0.05) is 50.2 Å². The van der Waals surface area contributed by atoms with Crippen molar-refractivity contribution in [3.8, 4) is 0 Å². The average molecular weight is 386 g/mol. The van der Waals surface area contributed by atoms with E-state index in [2.05, 4.69) is 62.9 Å². The molecule has 2 aromatic carbocycles. The molecule has 3 heteroatoms. The molecule has 140 valence electrons. The number of thiol groups is 2. The zero-order valence-corrected chi connectivity index (χ0v) is 18.2. The summed E-state index contributed by atoms with van der Waals surface area (Å²) in [4.78, 5) is 4.24. The fourth-order valence-corrected chi connectivity index (χ4v) is 4.04. The van der Waals surface area contributed by atoms with Gasteiger partial charge < -0.3 is 4.90 Å². The van der Waals surface area contributed by atoms with E-state index in [1.165, 1.54) is 16.8 Å². The average Bonchev–Trinajstić information content (AvgIpc) is 2.70. The summed E-state index contributed by atoms with van der Waals surface area (Å²) in [5.41, 5.74) is 4.90. The lowest BCUT2D eigenvalue weighted by atomic mass is 9.91. The summed E-state index contributed by atoms with van der Waals surface area (Å²) in [5.74, 6) is 0.584. The topological polar surface area (TPSA) is 3.24 Å². The van der Waals surface area contributed by atoms with Gasteiger partial charge in [0.25, 0.3) is 0 Å². The Morgan fingerprint density at radius 1 is 0.846 bits per heavy atom. The van der Waals surface area contributed by atoms with Crippen molar-refractivity contribution in [1.82, 2.24) is 0 Å². The Bertz CT molecular complexity index is 729. The fourth-order valence-electron chi connectivity index (χ4n) is 3.46. The van der Waals surface area contributed by atoms with Gasteiger partial charge in [-0.25, -0.2) is 0 Å². The second kappa shape index (κ2) is 10.1. The molecule has 0 bridgehead atoms.